The predicted octanol–water partition coefficient (Wildman–Crippen LogP) is 2.35. The van der Waals surface area contributed by atoms with Crippen molar-refractivity contribution in [2.45, 2.75) is 0 Å². The normalized spacial score (nSPS) is 10.8. The zero-order chi connectivity index (χ0) is 15.9. The van der Waals surface area contributed by atoms with Gasteiger partial charge < -0.3 is 15.6 Å². The lowest BCUT2D eigenvalue weighted by Crippen LogP contribution is -2.09. The van der Waals surface area contributed by atoms with Gasteiger partial charge in [0.2, 0.25) is 0 Å². The van der Waals surface area contributed by atoms with Gasteiger partial charge in [0.25, 0.3) is 0 Å². The number of carbonyl (C=O) groups is 1. The Labute approximate surface area is 123 Å². The molecular weight excluding hydrogens is 291 g/mol. The molecule has 3 aromatic rings. The van der Waals surface area contributed by atoms with E-state index in [4.69, 9.17) is 15.6 Å². The number of anilines is 1. The van der Waals surface area contributed by atoms with Crippen molar-refractivity contribution in [1.29, 1.82) is 0 Å². The fourth-order valence-corrected chi connectivity index (χ4v) is 2.24. The summed E-state index contributed by atoms with van der Waals surface area (Å²) in [6.07, 6.45) is 0.00771. The van der Waals surface area contributed by atoms with E-state index in [9.17, 15) is 9.18 Å². The Kier molecular flexibility index (Phi) is 3.13. The first-order valence-corrected chi connectivity index (χ1v) is 6.23. The van der Waals surface area contributed by atoms with Gasteiger partial charge in [0.05, 0.1) is 24.6 Å². The van der Waals surface area contributed by atoms with Crippen LogP contribution in [-0.2, 0) is 0 Å². The van der Waals surface area contributed by atoms with Gasteiger partial charge in [0, 0.05) is 5.39 Å². The zero-order valence-electron chi connectivity index (χ0n) is 11.4. The van der Waals surface area contributed by atoms with Crippen LogP contribution in [0, 0.1) is 5.82 Å². The summed E-state index contributed by atoms with van der Waals surface area (Å²) in [5.74, 6) is -0.164. The standard InChI is InChI=1S/C14H11FN4O3/c1-22-11-4-2-3-8(15)12(11)9-5-7-10(6-17-9)19(14(20)21)18-13(7)16/h2-6H,1H3,(H2,16,18)(H,20,21). The first-order valence-electron chi connectivity index (χ1n) is 6.23. The van der Waals surface area contributed by atoms with Gasteiger partial charge in [-0.25, -0.2) is 9.18 Å². The van der Waals surface area contributed by atoms with Crippen LogP contribution in [0.5, 0.6) is 5.75 Å². The number of benzene rings is 1. The Morgan fingerprint density at radius 2 is 2.23 bits per heavy atom. The Morgan fingerprint density at radius 1 is 1.45 bits per heavy atom. The number of pyridine rings is 1. The SMILES string of the molecule is COc1cccc(F)c1-c1cc2c(N)nn(C(=O)O)c2cn1. The molecule has 0 saturated heterocycles. The van der Waals surface area contributed by atoms with E-state index in [1.807, 2.05) is 0 Å². The average Bonchev–Trinajstić information content (AvgIpc) is 2.84. The Hall–Kier alpha value is -3.16. The van der Waals surface area contributed by atoms with Gasteiger partial charge in [0.15, 0.2) is 5.82 Å². The van der Waals surface area contributed by atoms with E-state index in [2.05, 4.69) is 10.1 Å². The molecule has 7 nitrogen and oxygen atoms in total. The molecule has 0 spiro atoms. The van der Waals surface area contributed by atoms with E-state index in [0.717, 1.165) is 4.68 Å². The third-order valence-corrected chi connectivity index (χ3v) is 3.23. The Bertz CT molecular complexity index is 891. The minimum absolute atomic E-state index is 0.0244. The van der Waals surface area contributed by atoms with E-state index in [0.29, 0.717) is 11.1 Å². The molecule has 0 aliphatic carbocycles. The van der Waals surface area contributed by atoms with Crippen molar-refractivity contribution in [3.8, 4) is 17.0 Å². The number of hydrogen-bond donors (Lipinski definition) is 2. The van der Waals surface area contributed by atoms with Gasteiger partial charge in [-0.1, -0.05) is 6.07 Å². The summed E-state index contributed by atoms with van der Waals surface area (Å²) >= 11 is 0. The van der Waals surface area contributed by atoms with Crippen molar-refractivity contribution in [3.05, 3.63) is 36.3 Å². The molecule has 0 aliphatic heterocycles. The van der Waals surface area contributed by atoms with Crippen molar-refractivity contribution in [2.75, 3.05) is 12.8 Å². The van der Waals surface area contributed by atoms with Gasteiger partial charge in [-0.05, 0) is 18.2 Å². The molecule has 2 heterocycles. The van der Waals surface area contributed by atoms with Gasteiger partial charge >= 0.3 is 6.09 Å². The summed E-state index contributed by atoms with van der Waals surface area (Å²) in [5.41, 5.74) is 6.40. The van der Waals surface area contributed by atoms with E-state index in [1.54, 1.807) is 6.07 Å². The highest BCUT2D eigenvalue weighted by Gasteiger charge is 2.18. The van der Waals surface area contributed by atoms with Crippen molar-refractivity contribution >= 4 is 22.8 Å². The van der Waals surface area contributed by atoms with E-state index in [-0.39, 0.29) is 22.6 Å². The molecule has 0 radical (unpaired) electrons. The fourth-order valence-electron chi connectivity index (χ4n) is 2.24. The molecule has 3 N–H and O–H groups in total. The quantitative estimate of drug-likeness (QED) is 0.753. The number of nitrogens with zero attached hydrogens (tertiary/aromatic N) is 3. The molecular formula is C14H11FN4O3. The highest BCUT2D eigenvalue weighted by Crippen LogP contribution is 2.33. The minimum atomic E-state index is -1.28. The maximum Gasteiger partial charge on any atom is 0.432 e. The molecule has 0 unspecified atom stereocenters. The van der Waals surface area contributed by atoms with Crippen molar-refractivity contribution < 1.29 is 19.0 Å². The van der Waals surface area contributed by atoms with Crippen LogP contribution < -0.4 is 10.5 Å². The Balaban J connectivity index is 2.27. The Morgan fingerprint density at radius 3 is 2.91 bits per heavy atom. The number of carboxylic acid groups (broad SMARTS) is 1. The van der Waals surface area contributed by atoms with Gasteiger partial charge in [0.1, 0.15) is 17.1 Å². The highest BCUT2D eigenvalue weighted by molar-refractivity contribution is 5.96. The maximum atomic E-state index is 14.1. The molecule has 112 valence electrons. The van der Waals surface area contributed by atoms with Crippen LogP contribution in [0.3, 0.4) is 0 Å². The summed E-state index contributed by atoms with van der Waals surface area (Å²) in [4.78, 5) is 15.2. The molecule has 0 saturated carbocycles. The fraction of sp³-hybridized carbons (Fsp3) is 0.0714. The minimum Gasteiger partial charge on any atom is -0.496 e. The highest BCUT2D eigenvalue weighted by atomic mass is 19.1. The number of nitrogens with two attached hydrogens (primary N) is 1. The lowest BCUT2D eigenvalue weighted by atomic mass is 10.1. The van der Waals surface area contributed by atoms with Crippen LogP contribution in [0.4, 0.5) is 15.0 Å². The number of methoxy groups -OCH3 is 1. The van der Waals surface area contributed by atoms with Crippen molar-refractivity contribution in [3.63, 3.8) is 0 Å². The van der Waals surface area contributed by atoms with Gasteiger partial charge in [-0.15, -0.1) is 5.10 Å². The molecule has 0 bridgehead atoms. The lowest BCUT2D eigenvalue weighted by Gasteiger charge is -2.09. The van der Waals surface area contributed by atoms with Crippen molar-refractivity contribution in [2.24, 2.45) is 0 Å². The van der Waals surface area contributed by atoms with Crippen LogP contribution in [0.25, 0.3) is 22.2 Å². The third kappa shape index (κ3) is 2.01. The van der Waals surface area contributed by atoms with Crippen LogP contribution in [-0.4, -0.2) is 33.1 Å². The second-order valence-corrected chi connectivity index (χ2v) is 4.48. The smallest absolute Gasteiger partial charge is 0.432 e. The summed E-state index contributed by atoms with van der Waals surface area (Å²) < 4.78 is 20.0. The van der Waals surface area contributed by atoms with E-state index >= 15 is 0 Å². The third-order valence-electron chi connectivity index (χ3n) is 3.23. The summed E-state index contributed by atoms with van der Waals surface area (Å²) in [5, 5.41) is 13.1. The van der Waals surface area contributed by atoms with Crippen LogP contribution in [0.15, 0.2) is 30.5 Å². The number of ether oxygens (including phenoxy) is 1. The number of hydrogen-bond acceptors (Lipinski definition) is 5. The molecule has 1 aromatic carbocycles. The molecule has 0 amide bonds. The second-order valence-electron chi connectivity index (χ2n) is 4.48. The number of nitrogen functional groups attached to an aromatic ring is 1. The van der Waals surface area contributed by atoms with Crippen LogP contribution in [0.1, 0.15) is 0 Å². The van der Waals surface area contributed by atoms with Gasteiger partial charge in [-0.2, -0.15) is 4.68 Å². The van der Waals surface area contributed by atoms with Crippen molar-refractivity contribution in [1.82, 2.24) is 14.8 Å². The zero-order valence-corrected chi connectivity index (χ0v) is 11.4. The van der Waals surface area contributed by atoms with Crippen LogP contribution >= 0.6 is 0 Å². The molecule has 3 rings (SSSR count). The van der Waals surface area contributed by atoms with E-state index in [1.165, 1.54) is 31.5 Å². The molecule has 0 aliphatic rings. The second kappa shape index (κ2) is 4.99. The first-order chi connectivity index (χ1) is 10.5. The van der Waals surface area contributed by atoms with E-state index < -0.39 is 11.9 Å². The lowest BCUT2D eigenvalue weighted by molar-refractivity contribution is 0.194. The summed E-state index contributed by atoms with van der Waals surface area (Å²) in [6, 6.07) is 5.90. The molecule has 8 heteroatoms. The largest absolute Gasteiger partial charge is 0.496 e. The number of halogens is 1. The summed E-state index contributed by atoms with van der Waals surface area (Å²) in [6.45, 7) is 0. The monoisotopic (exact) mass is 302 g/mol. The molecule has 22 heavy (non-hydrogen) atoms. The molecule has 2 aromatic heterocycles. The number of aromatic nitrogens is 3. The first kappa shape index (κ1) is 13.8. The average molecular weight is 302 g/mol. The van der Waals surface area contributed by atoms with Crippen LogP contribution in [0.2, 0.25) is 0 Å². The predicted molar refractivity (Wildman–Crippen MR) is 77.3 cm³/mol. The maximum absolute atomic E-state index is 14.1. The summed E-state index contributed by atoms with van der Waals surface area (Å²) in [7, 11) is 1.42. The topological polar surface area (TPSA) is 103 Å². The number of fused-ring (bicyclic) bond motifs is 1. The molecule has 0 fully saturated rings. The molecule has 0 atom stereocenters. The van der Waals surface area contributed by atoms with Gasteiger partial charge in [-0.3, -0.25) is 4.98 Å². The number of rotatable bonds is 2.